The van der Waals surface area contributed by atoms with Crippen LogP contribution in [0.25, 0.3) is 0 Å². The number of fused-ring (bicyclic) bond motifs is 1. The van der Waals surface area contributed by atoms with Gasteiger partial charge in [0.05, 0.1) is 0 Å². The summed E-state index contributed by atoms with van der Waals surface area (Å²) in [6, 6.07) is 0. The van der Waals surface area contributed by atoms with Gasteiger partial charge in [-0.3, -0.25) is 0 Å². The van der Waals surface area contributed by atoms with Crippen molar-refractivity contribution in [1.82, 2.24) is 0 Å². The van der Waals surface area contributed by atoms with Gasteiger partial charge < -0.3 is 0 Å². The van der Waals surface area contributed by atoms with E-state index in [9.17, 15) is 0 Å². The van der Waals surface area contributed by atoms with Gasteiger partial charge in [-0.1, -0.05) is 41.0 Å². The van der Waals surface area contributed by atoms with Gasteiger partial charge in [0, 0.05) is 0 Å². The van der Waals surface area contributed by atoms with Crippen molar-refractivity contribution in [3.05, 3.63) is 0 Å². The third-order valence-electron chi connectivity index (χ3n) is 4.43. The SMILES string of the molecule is CC.CCC1CC(C)C2CC(C)CC12. The van der Waals surface area contributed by atoms with Gasteiger partial charge in [0.25, 0.3) is 0 Å². The van der Waals surface area contributed by atoms with Crippen LogP contribution in [0.3, 0.4) is 0 Å². The molecule has 0 aromatic heterocycles. The van der Waals surface area contributed by atoms with Crippen LogP contribution in [0, 0.1) is 29.6 Å². The molecule has 0 aromatic rings. The molecule has 2 saturated carbocycles. The number of hydrogen-bond acceptors (Lipinski definition) is 0. The zero-order valence-corrected chi connectivity index (χ0v) is 10.7. The summed E-state index contributed by atoms with van der Waals surface area (Å²) in [6.45, 7) is 11.3. The van der Waals surface area contributed by atoms with Crippen LogP contribution in [0.5, 0.6) is 0 Å². The van der Waals surface area contributed by atoms with E-state index in [0.29, 0.717) is 0 Å². The number of hydrogen-bond donors (Lipinski definition) is 0. The molecular formula is C14H28. The maximum Gasteiger partial charge on any atom is -0.0352 e. The van der Waals surface area contributed by atoms with Gasteiger partial charge >= 0.3 is 0 Å². The fraction of sp³-hybridized carbons (Fsp3) is 1.00. The van der Waals surface area contributed by atoms with E-state index < -0.39 is 0 Å². The molecule has 0 spiro atoms. The van der Waals surface area contributed by atoms with Crippen LogP contribution in [-0.4, -0.2) is 0 Å². The van der Waals surface area contributed by atoms with Gasteiger partial charge in [-0.2, -0.15) is 0 Å². The van der Waals surface area contributed by atoms with Crippen LogP contribution in [0.15, 0.2) is 0 Å². The Morgan fingerprint density at radius 2 is 1.50 bits per heavy atom. The van der Waals surface area contributed by atoms with E-state index >= 15 is 0 Å². The Morgan fingerprint density at radius 3 is 2.07 bits per heavy atom. The lowest BCUT2D eigenvalue weighted by atomic mass is 9.89. The van der Waals surface area contributed by atoms with Gasteiger partial charge in [-0.15, -0.1) is 0 Å². The molecule has 0 radical (unpaired) electrons. The van der Waals surface area contributed by atoms with Crippen LogP contribution in [0.2, 0.25) is 0 Å². The molecule has 5 unspecified atom stereocenters. The molecule has 0 aliphatic heterocycles. The predicted molar refractivity (Wildman–Crippen MR) is 64.3 cm³/mol. The topological polar surface area (TPSA) is 0 Å². The van der Waals surface area contributed by atoms with Crippen molar-refractivity contribution < 1.29 is 0 Å². The highest BCUT2D eigenvalue weighted by molar-refractivity contribution is 4.94. The second-order valence-corrected chi connectivity index (χ2v) is 5.29. The van der Waals surface area contributed by atoms with E-state index in [1.165, 1.54) is 25.7 Å². The van der Waals surface area contributed by atoms with Crippen molar-refractivity contribution in [2.45, 2.75) is 60.3 Å². The molecule has 2 aliphatic rings. The average molecular weight is 196 g/mol. The summed E-state index contributed by atoms with van der Waals surface area (Å²) >= 11 is 0. The molecule has 0 N–H and O–H groups in total. The summed E-state index contributed by atoms with van der Waals surface area (Å²) in [7, 11) is 0. The Bertz CT molecular complexity index is 161. The molecule has 0 amide bonds. The first-order chi connectivity index (χ1) is 6.72. The van der Waals surface area contributed by atoms with Gasteiger partial charge in [-0.05, 0) is 48.9 Å². The van der Waals surface area contributed by atoms with Gasteiger partial charge in [0.2, 0.25) is 0 Å². The molecule has 2 aliphatic carbocycles. The van der Waals surface area contributed by atoms with Crippen LogP contribution >= 0.6 is 0 Å². The fourth-order valence-electron chi connectivity index (χ4n) is 3.87. The molecule has 0 heteroatoms. The highest BCUT2D eigenvalue weighted by atomic mass is 14.5. The molecule has 5 atom stereocenters. The maximum absolute atomic E-state index is 2.48. The zero-order valence-electron chi connectivity index (χ0n) is 10.7. The first kappa shape index (κ1) is 12.1. The standard InChI is InChI=1S/C12H22.C2H6/c1-4-10-7-9(3)11-5-8(2)6-12(10)11;1-2/h8-12H,4-7H2,1-3H3;1-2H3. The second kappa shape index (κ2) is 5.19. The summed E-state index contributed by atoms with van der Waals surface area (Å²) in [5.41, 5.74) is 0. The molecule has 0 nitrogen and oxygen atoms in total. The lowest BCUT2D eigenvalue weighted by Gasteiger charge is -2.16. The summed E-state index contributed by atoms with van der Waals surface area (Å²) < 4.78 is 0. The lowest BCUT2D eigenvalue weighted by molar-refractivity contribution is 0.332. The van der Waals surface area contributed by atoms with Crippen molar-refractivity contribution in [1.29, 1.82) is 0 Å². The van der Waals surface area contributed by atoms with Crippen molar-refractivity contribution in [3.8, 4) is 0 Å². The van der Waals surface area contributed by atoms with Crippen molar-refractivity contribution in [2.24, 2.45) is 29.6 Å². The lowest BCUT2D eigenvalue weighted by Crippen LogP contribution is -2.09. The van der Waals surface area contributed by atoms with Crippen LogP contribution in [-0.2, 0) is 0 Å². The first-order valence-electron chi connectivity index (χ1n) is 6.72. The van der Waals surface area contributed by atoms with Crippen molar-refractivity contribution in [3.63, 3.8) is 0 Å². The van der Waals surface area contributed by atoms with E-state index in [-0.39, 0.29) is 0 Å². The van der Waals surface area contributed by atoms with E-state index in [2.05, 4.69) is 20.8 Å². The molecule has 14 heavy (non-hydrogen) atoms. The monoisotopic (exact) mass is 196 g/mol. The predicted octanol–water partition coefficient (Wildman–Crippen LogP) is 4.74. The van der Waals surface area contributed by atoms with E-state index in [0.717, 1.165) is 29.6 Å². The highest BCUT2D eigenvalue weighted by Crippen LogP contribution is 2.53. The Labute approximate surface area is 90.5 Å². The minimum Gasteiger partial charge on any atom is -0.0683 e. The Kier molecular flexibility index (Phi) is 4.47. The van der Waals surface area contributed by atoms with Crippen molar-refractivity contribution >= 4 is 0 Å². The third kappa shape index (κ3) is 2.15. The Hall–Kier alpha value is 0. The molecule has 0 bridgehead atoms. The largest absolute Gasteiger partial charge is 0.0683 e. The molecule has 0 aromatic carbocycles. The van der Waals surface area contributed by atoms with Crippen LogP contribution in [0.1, 0.15) is 60.3 Å². The summed E-state index contributed by atoms with van der Waals surface area (Å²) in [6.07, 6.45) is 6.02. The fourth-order valence-corrected chi connectivity index (χ4v) is 3.87. The first-order valence-corrected chi connectivity index (χ1v) is 6.72. The molecule has 0 heterocycles. The average Bonchev–Trinajstić information content (AvgIpc) is 2.70. The second-order valence-electron chi connectivity index (χ2n) is 5.29. The smallest absolute Gasteiger partial charge is 0.0352 e. The van der Waals surface area contributed by atoms with E-state index in [1.54, 1.807) is 0 Å². The molecule has 84 valence electrons. The summed E-state index contributed by atoms with van der Waals surface area (Å²) in [5.74, 6) is 5.35. The Morgan fingerprint density at radius 1 is 0.929 bits per heavy atom. The minimum atomic E-state index is 1.02. The molecule has 0 saturated heterocycles. The maximum atomic E-state index is 2.48. The van der Waals surface area contributed by atoms with Crippen molar-refractivity contribution in [2.75, 3.05) is 0 Å². The Balaban J connectivity index is 0.000000461. The van der Waals surface area contributed by atoms with Gasteiger partial charge in [0.1, 0.15) is 0 Å². The normalized spacial score (nSPS) is 45.6. The number of rotatable bonds is 1. The summed E-state index contributed by atoms with van der Waals surface area (Å²) in [4.78, 5) is 0. The quantitative estimate of drug-likeness (QED) is 0.568. The zero-order chi connectivity index (χ0) is 10.7. The minimum absolute atomic E-state index is 1.02. The molecular weight excluding hydrogens is 168 g/mol. The van der Waals surface area contributed by atoms with Crippen LogP contribution in [0.4, 0.5) is 0 Å². The van der Waals surface area contributed by atoms with Gasteiger partial charge in [0.15, 0.2) is 0 Å². The van der Waals surface area contributed by atoms with E-state index in [4.69, 9.17) is 0 Å². The molecule has 2 rings (SSSR count). The molecule has 2 fully saturated rings. The summed E-state index contributed by atoms with van der Waals surface area (Å²) in [5, 5.41) is 0. The highest BCUT2D eigenvalue weighted by Gasteiger charge is 2.44. The van der Waals surface area contributed by atoms with Crippen LogP contribution < -0.4 is 0 Å². The van der Waals surface area contributed by atoms with E-state index in [1.807, 2.05) is 13.8 Å². The third-order valence-corrected chi connectivity index (χ3v) is 4.43. The van der Waals surface area contributed by atoms with Gasteiger partial charge in [-0.25, -0.2) is 0 Å².